The van der Waals surface area contributed by atoms with Crippen LogP contribution >= 0.6 is 18.7 Å². The van der Waals surface area contributed by atoms with Crippen LogP contribution < -0.4 is 25.6 Å². The van der Waals surface area contributed by atoms with Crippen LogP contribution in [0.25, 0.3) is 0 Å². The molecule has 2 saturated heterocycles. The van der Waals surface area contributed by atoms with Gasteiger partial charge in [-0.2, -0.15) is 10.2 Å². The summed E-state index contributed by atoms with van der Waals surface area (Å²) in [5.41, 5.74) is 3.49. The van der Waals surface area contributed by atoms with Gasteiger partial charge in [-0.05, 0) is 55.9 Å². The van der Waals surface area contributed by atoms with Crippen molar-refractivity contribution >= 4 is 59.0 Å². The van der Waals surface area contributed by atoms with Gasteiger partial charge in [0.05, 0.1) is 35.9 Å². The minimum absolute atomic E-state index is 0.244. The third-order valence-corrected chi connectivity index (χ3v) is 11.3. The number of nitriles is 1. The van der Waals surface area contributed by atoms with E-state index in [1.165, 1.54) is 6.20 Å². The van der Waals surface area contributed by atoms with Crippen LogP contribution in [0.4, 0.5) is 33.6 Å². The van der Waals surface area contributed by atoms with Crippen LogP contribution in [-0.2, 0) is 15.9 Å². The summed E-state index contributed by atoms with van der Waals surface area (Å²) in [7, 11) is -0.986. The van der Waals surface area contributed by atoms with Crippen molar-refractivity contribution in [2.45, 2.75) is 19.4 Å². The predicted octanol–water partition coefficient (Wildman–Crippen LogP) is 6.92. The fraction of sp³-hybridized carbons (Fsp3) is 0.368. The number of ether oxygens (including phenoxy) is 2. The average molecular weight is 743 g/mol. The van der Waals surface area contributed by atoms with E-state index in [0.717, 1.165) is 56.8 Å². The van der Waals surface area contributed by atoms with E-state index >= 15 is 0 Å². The van der Waals surface area contributed by atoms with Crippen LogP contribution in [0.5, 0.6) is 5.75 Å². The van der Waals surface area contributed by atoms with Gasteiger partial charge in [0.15, 0.2) is 5.82 Å². The molecule has 52 heavy (non-hydrogen) atoms. The zero-order valence-electron chi connectivity index (χ0n) is 29.7. The number of carbonyl (C=O) groups excluding carboxylic acids is 1. The summed E-state index contributed by atoms with van der Waals surface area (Å²) < 4.78 is 24.2. The molecule has 0 radical (unpaired) electrons. The molecule has 3 aromatic carbocycles. The molecule has 2 aliphatic rings. The van der Waals surface area contributed by atoms with E-state index in [4.69, 9.17) is 21.1 Å². The second kappa shape index (κ2) is 16.7. The van der Waals surface area contributed by atoms with E-state index in [1.807, 2.05) is 65.6 Å². The Morgan fingerprint density at radius 2 is 1.69 bits per heavy atom. The zero-order chi connectivity index (χ0) is 36.7. The monoisotopic (exact) mass is 742 g/mol. The molecule has 1 amide bonds. The number of benzene rings is 3. The Balaban J connectivity index is 1.04. The van der Waals surface area contributed by atoms with E-state index in [0.29, 0.717) is 64.4 Å². The van der Waals surface area contributed by atoms with Crippen molar-refractivity contribution in [3.8, 4) is 11.8 Å². The Labute approximate surface area is 310 Å². The standard InChI is InChI=1S/C38H44ClN8O4P/c1-50-34-22-33(46-19-17-45(18-20-46)25-27-13-15-47(16-14-27)38(48)51-26-28-9-5-4-6-10-28)29(23-40)21-32(34)43-37-41-24-30(39)36(44-37)42-31-11-7-8-12-35(31)52(2,3)49/h4-12,21-22,24,27H,13-20,25-26H2,1-3H3,(H2,41,42,43,44). The second-order valence-corrected chi connectivity index (χ2v) is 17.0. The number of anilines is 5. The first-order valence-electron chi connectivity index (χ1n) is 17.4. The maximum absolute atomic E-state index is 12.9. The molecule has 12 nitrogen and oxygen atoms in total. The molecule has 3 heterocycles. The summed E-state index contributed by atoms with van der Waals surface area (Å²) in [5.74, 6) is 1.66. The highest BCUT2D eigenvalue weighted by atomic mass is 35.5. The lowest BCUT2D eigenvalue weighted by Crippen LogP contribution is -2.49. The van der Waals surface area contributed by atoms with Gasteiger partial charge < -0.3 is 34.5 Å². The third-order valence-electron chi connectivity index (χ3n) is 9.47. The first-order valence-corrected chi connectivity index (χ1v) is 20.4. The Kier molecular flexibility index (Phi) is 11.9. The number of carbonyl (C=O) groups is 1. The highest BCUT2D eigenvalue weighted by molar-refractivity contribution is 7.70. The van der Waals surface area contributed by atoms with Crippen molar-refractivity contribution < 1.29 is 18.8 Å². The van der Waals surface area contributed by atoms with Crippen molar-refractivity contribution in [1.29, 1.82) is 5.26 Å². The van der Waals surface area contributed by atoms with E-state index < -0.39 is 7.14 Å². The number of piperidine rings is 1. The molecule has 0 spiro atoms. The Bertz CT molecular complexity index is 1950. The number of methoxy groups -OCH3 is 1. The SMILES string of the molecule is COc1cc(N2CCN(CC3CCN(C(=O)OCc4ccccc4)CC3)CC2)c(C#N)cc1Nc1ncc(Cl)c(Nc2ccccc2P(C)(C)=O)n1. The van der Waals surface area contributed by atoms with Crippen molar-refractivity contribution in [3.63, 3.8) is 0 Å². The van der Waals surface area contributed by atoms with Gasteiger partial charge in [-0.25, -0.2) is 9.78 Å². The molecule has 0 saturated carbocycles. The van der Waals surface area contributed by atoms with E-state index in [9.17, 15) is 14.6 Å². The first kappa shape index (κ1) is 37.0. The fourth-order valence-corrected chi connectivity index (χ4v) is 7.94. The number of rotatable bonds is 11. The fourth-order valence-electron chi connectivity index (χ4n) is 6.64. The molecule has 0 atom stereocenters. The van der Waals surface area contributed by atoms with Gasteiger partial charge in [0, 0.05) is 57.2 Å². The number of amides is 1. The molecule has 2 N–H and O–H groups in total. The lowest BCUT2D eigenvalue weighted by molar-refractivity contribution is 0.0768. The lowest BCUT2D eigenvalue weighted by atomic mass is 9.96. The van der Waals surface area contributed by atoms with Crippen LogP contribution in [0.3, 0.4) is 0 Å². The van der Waals surface area contributed by atoms with Gasteiger partial charge in [0.1, 0.15) is 30.6 Å². The molecular formula is C38H44ClN8O4P. The average Bonchev–Trinajstić information content (AvgIpc) is 3.16. The molecule has 0 aliphatic carbocycles. The zero-order valence-corrected chi connectivity index (χ0v) is 31.4. The minimum Gasteiger partial charge on any atom is -0.494 e. The second-order valence-electron chi connectivity index (χ2n) is 13.4. The van der Waals surface area contributed by atoms with Gasteiger partial charge in [-0.1, -0.05) is 54.1 Å². The highest BCUT2D eigenvalue weighted by Crippen LogP contribution is 2.39. The Morgan fingerprint density at radius 1 is 0.981 bits per heavy atom. The Hall–Kier alpha value is -4.82. The number of aromatic nitrogens is 2. The summed E-state index contributed by atoms with van der Waals surface area (Å²) in [6, 6.07) is 23.1. The number of hydrogen-bond donors (Lipinski definition) is 2. The van der Waals surface area contributed by atoms with Gasteiger partial charge in [0.2, 0.25) is 5.95 Å². The van der Waals surface area contributed by atoms with Crippen LogP contribution in [0.1, 0.15) is 24.0 Å². The third kappa shape index (κ3) is 9.15. The predicted molar refractivity (Wildman–Crippen MR) is 206 cm³/mol. The Morgan fingerprint density at radius 3 is 2.38 bits per heavy atom. The van der Waals surface area contributed by atoms with Gasteiger partial charge in [-0.15, -0.1) is 0 Å². The molecule has 6 rings (SSSR count). The van der Waals surface area contributed by atoms with Crippen molar-refractivity contribution in [1.82, 2.24) is 19.8 Å². The smallest absolute Gasteiger partial charge is 0.410 e. The molecule has 1 aromatic heterocycles. The number of para-hydroxylation sites is 1. The largest absolute Gasteiger partial charge is 0.494 e. The lowest BCUT2D eigenvalue weighted by Gasteiger charge is -2.39. The molecule has 4 aromatic rings. The molecule has 14 heteroatoms. The van der Waals surface area contributed by atoms with Crippen LogP contribution in [0.2, 0.25) is 5.02 Å². The molecule has 2 aliphatic heterocycles. The number of piperazine rings is 1. The number of likely N-dealkylation sites (tertiary alicyclic amines) is 1. The quantitative estimate of drug-likeness (QED) is 0.155. The van der Waals surface area contributed by atoms with Crippen LogP contribution in [-0.4, -0.2) is 92.1 Å². The maximum Gasteiger partial charge on any atom is 0.410 e. The molecule has 272 valence electrons. The van der Waals surface area contributed by atoms with Crippen LogP contribution in [0, 0.1) is 17.2 Å². The maximum atomic E-state index is 12.9. The van der Waals surface area contributed by atoms with E-state index in [2.05, 4.69) is 36.5 Å². The first-order chi connectivity index (χ1) is 25.1. The number of nitrogens with zero attached hydrogens (tertiary/aromatic N) is 6. The highest BCUT2D eigenvalue weighted by Gasteiger charge is 2.28. The van der Waals surface area contributed by atoms with Gasteiger partial charge in [0.25, 0.3) is 0 Å². The summed E-state index contributed by atoms with van der Waals surface area (Å²) in [4.78, 5) is 28.1. The molecule has 2 fully saturated rings. The summed E-state index contributed by atoms with van der Waals surface area (Å²) >= 11 is 6.46. The topological polar surface area (TPSA) is 136 Å². The van der Waals surface area contributed by atoms with Crippen molar-refractivity contribution in [3.05, 3.63) is 89.1 Å². The van der Waals surface area contributed by atoms with Gasteiger partial charge in [-0.3, -0.25) is 4.90 Å². The molecular weight excluding hydrogens is 699 g/mol. The molecule has 0 unspecified atom stereocenters. The van der Waals surface area contributed by atoms with Gasteiger partial charge >= 0.3 is 6.09 Å². The summed E-state index contributed by atoms with van der Waals surface area (Å²) in [6.07, 6.45) is 3.14. The van der Waals surface area contributed by atoms with E-state index in [-0.39, 0.29) is 12.0 Å². The minimum atomic E-state index is -2.57. The summed E-state index contributed by atoms with van der Waals surface area (Å²) in [6.45, 7) is 9.40. The number of halogens is 1. The van der Waals surface area contributed by atoms with Crippen LogP contribution in [0.15, 0.2) is 72.9 Å². The number of hydrogen-bond acceptors (Lipinski definition) is 11. The molecule has 0 bridgehead atoms. The van der Waals surface area contributed by atoms with Crippen molar-refractivity contribution in [2.24, 2.45) is 5.92 Å². The summed E-state index contributed by atoms with van der Waals surface area (Å²) in [5, 5.41) is 17.6. The number of nitrogens with one attached hydrogen (secondary N) is 2. The van der Waals surface area contributed by atoms with E-state index in [1.54, 1.807) is 26.5 Å². The van der Waals surface area contributed by atoms with Crippen molar-refractivity contribution in [2.75, 3.05) is 81.8 Å². The normalized spacial score (nSPS) is 15.5.